The Morgan fingerprint density at radius 2 is 2.15 bits per heavy atom. The van der Waals surface area contributed by atoms with E-state index in [-0.39, 0.29) is 11.8 Å². The SMILES string of the molecule is CNCC(C)C(=O)N(Cc1ccccc1OC)C1CC1. The standard InChI is InChI=1S/C16H24N2O2/c1-12(10-17-2)16(19)18(14-8-9-14)11-13-6-4-5-7-15(13)20-3/h4-7,12,14,17H,8-11H2,1-3H3. The summed E-state index contributed by atoms with van der Waals surface area (Å²) in [4.78, 5) is 14.6. The second-order valence-corrected chi connectivity index (χ2v) is 5.47. The highest BCUT2D eigenvalue weighted by Gasteiger charge is 2.34. The van der Waals surface area contributed by atoms with E-state index in [2.05, 4.69) is 5.32 Å². The van der Waals surface area contributed by atoms with Gasteiger partial charge < -0.3 is 15.0 Å². The first-order valence-electron chi connectivity index (χ1n) is 7.24. The number of carbonyl (C=O) groups excluding carboxylic acids is 1. The number of para-hydroxylation sites is 1. The summed E-state index contributed by atoms with van der Waals surface area (Å²) in [6.45, 7) is 3.34. The van der Waals surface area contributed by atoms with Gasteiger partial charge in [0.15, 0.2) is 0 Å². The van der Waals surface area contributed by atoms with Crippen molar-refractivity contribution in [1.29, 1.82) is 0 Å². The Balaban J connectivity index is 2.11. The van der Waals surface area contributed by atoms with E-state index in [1.807, 2.05) is 43.1 Å². The molecule has 0 heterocycles. The van der Waals surface area contributed by atoms with Crippen LogP contribution >= 0.6 is 0 Å². The molecule has 1 N–H and O–H groups in total. The molecule has 0 bridgehead atoms. The van der Waals surface area contributed by atoms with Crippen molar-refractivity contribution in [3.05, 3.63) is 29.8 Å². The number of amides is 1. The van der Waals surface area contributed by atoms with Gasteiger partial charge in [-0.1, -0.05) is 25.1 Å². The highest BCUT2D eigenvalue weighted by Crippen LogP contribution is 2.31. The second-order valence-electron chi connectivity index (χ2n) is 5.47. The van der Waals surface area contributed by atoms with E-state index in [0.717, 1.165) is 24.2 Å². The fourth-order valence-corrected chi connectivity index (χ4v) is 2.47. The Morgan fingerprint density at radius 1 is 1.45 bits per heavy atom. The van der Waals surface area contributed by atoms with E-state index in [1.54, 1.807) is 7.11 Å². The Labute approximate surface area is 121 Å². The van der Waals surface area contributed by atoms with Crippen molar-refractivity contribution in [2.75, 3.05) is 20.7 Å². The zero-order chi connectivity index (χ0) is 14.5. The van der Waals surface area contributed by atoms with Crippen LogP contribution in [0.5, 0.6) is 5.75 Å². The molecule has 1 saturated carbocycles. The van der Waals surface area contributed by atoms with Crippen molar-refractivity contribution in [2.45, 2.75) is 32.4 Å². The average molecular weight is 276 g/mol. The molecule has 1 aromatic carbocycles. The molecule has 0 radical (unpaired) electrons. The van der Waals surface area contributed by atoms with Crippen LogP contribution in [-0.2, 0) is 11.3 Å². The van der Waals surface area contributed by atoms with Crippen LogP contribution in [0, 0.1) is 5.92 Å². The third kappa shape index (κ3) is 3.51. The van der Waals surface area contributed by atoms with Crippen LogP contribution in [0.25, 0.3) is 0 Å². The Kier molecular flexibility index (Phi) is 5.01. The lowest BCUT2D eigenvalue weighted by Crippen LogP contribution is -2.39. The van der Waals surface area contributed by atoms with E-state index >= 15 is 0 Å². The minimum Gasteiger partial charge on any atom is -0.496 e. The molecule has 110 valence electrons. The second kappa shape index (κ2) is 6.75. The lowest BCUT2D eigenvalue weighted by atomic mass is 10.1. The third-order valence-corrected chi connectivity index (χ3v) is 3.74. The number of ether oxygens (including phenoxy) is 1. The topological polar surface area (TPSA) is 41.6 Å². The monoisotopic (exact) mass is 276 g/mol. The molecule has 4 nitrogen and oxygen atoms in total. The number of nitrogens with one attached hydrogen (secondary N) is 1. The van der Waals surface area contributed by atoms with Crippen LogP contribution in [0.2, 0.25) is 0 Å². The van der Waals surface area contributed by atoms with Crippen molar-refractivity contribution in [3.8, 4) is 5.75 Å². The summed E-state index contributed by atoms with van der Waals surface area (Å²) in [5.74, 6) is 1.09. The van der Waals surface area contributed by atoms with Gasteiger partial charge in [-0.2, -0.15) is 0 Å². The number of methoxy groups -OCH3 is 1. The molecule has 4 heteroatoms. The largest absolute Gasteiger partial charge is 0.496 e. The smallest absolute Gasteiger partial charge is 0.227 e. The molecular weight excluding hydrogens is 252 g/mol. The first-order chi connectivity index (χ1) is 9.67. The number of hydrogen-bond donors (Lipinski definition) is 1. The Morgan fingerprint density at radius 3 is 2.75 bits per heavy atom. The van der Waals surface area contributed by atoms with E-state index < -0.39 is 0 Å². The molecule has 20 heavy (non-hydrogen) atoms. The first-order valence-corrected chi connectivity index (χ1v) is 7.24. The van der Waals surface area contributed by atoms with Gasteiger partial charge >= 0.3 is 0 Å². The molecule has 0 spiro atoms. The van der Waals surface area contributed by atoms with Gasteiger partial charge in [-0.25, -0.2) is 0 Å². The summed E-state index contributed by atoms with van der Waals surface area (Å²) in [5, 5.41) is 3.08. The van der Waals surface area contributed by atoms with Crippen LogP contribution in [0.1, 0.15) is 25.3 Å². The van der Waals surface area contributed by atoms with Gasteiger partial charge in [0.1, 0.15) is 5.75 Å². The molecule has 1 fully saturated rings. The summed E-state index contributed by atoms with van der Waals surface area (Å²) in [6.07, 6.45) is 2.24. The highest BCUT2D eigenvalue weighted by atomic mass is 16.5. The van der Waals surface area contributed by atoms with Gasteiger partial charge in [0.25, 0.3) is 0 Å². The van der Waals surface area contributed by atoms with E-state index in [1.165, 1.54) is 0 Å². The van der Waals surface area contributed by atoms with Gasteiger partial charge in [-0.05, 0) is 26.0 Å². The predicted octanol–water partition coefficient (Wildman–Crippen LogP) is 2.04. The van der Waals surface area contributed by atoms with Crippen molar-refractivity contribution >= 4 is 5.91 Å². The van der Waals surface area contributed by atoms with Crippen molar-refractivity contribution in [2.24, 2.45) is 5.92 Å². The number of benzene rings is 1. The molecule has 0 aromatic heterocycles. The van der Waals surface area contributed by atoms with Gasteiger partial charge in [0.2, 0.25) is 5.91 Å². The van der Waals surface area contributed by atoms with Crippen LogP contribution in [-0.4, -0.2) is 37.6 Å². The molecule has 2 rings (SSSR count). The normalized spacial score (nSPS) is 15.8. The summed E-state index contributed by atoms with van der Waals surface area (Å²) in [5.41, 5.74) is 1.08. The van der Waals surface area contributed by atoms with Crippen LogP contribution in [0.15, 0.2) is 24.3 Å². The van der Waals surface area contributed by atoms with E-state index in [0.29, 0.717) is 19.1 Å². The van der Waals surface area contributed by atoms with Gasteiger partial charge in [-0.15, -0.1) is 0 Å². The predicted molar refractivity (Wildman–Crippen MR) is 79.7 cm³/mol. The molecule has 1 atom stereocenters. The fraction of sp³-hybridized carbons (Fsp3) is 0.562. The van der Waals surface area contributed by atoms with Gasteiger partial charge in [0, 0.05) is 30.6 Å². The molecule has 0 saturated heterocycles. The zero-order valence-corrected chi connectivity index (χ0v) is 12.6. The van der Waals surface area contributed by atoms with E-state index in [9.17, 15) is 4.79 Å². The quantitative estimate of drug-likeness (QED) is 0.828. The molecule has 1 aliphatic carbocycles. The Bertz CT molecular complexity index is 458. The van der Waals surface area contributed by atoms with Gasteiger partial charge in [0.05, 0.1) is 7.11 Å². The zero-order valence-electron chi connectivity index (χ0n) is 12.6. The van der Waals surface area contributed by atoms with Crippen molar-refractivity contribution in [1.82, 2.24) is 10.2 Å². The minimum atomic E-state index is 0.00954. The Hall–Kier alpha value is -1.55. The summed E-state index contributed by atoms with van der Waals surface area (Å²) < 4.78 is 5.38. The average Bonchev–Trinajstić information content (AvgIpc) is 3.29. The maximum Gasteiger partial charge on any atom is 0.227 e. The number of carbonyl (C=O) groups is 1. The molecule has 1 unspecified atom stereocenters. The summed E-state index contributed by atoms with van der Waals surface area (Å²) >= 11 is 0. The van der Waals surface area contributed by atoms with Crippen LogP contribution in [0.3, 0.4) is 0 Å². The first kappa shape index (κ1) is 14.9. The number of hydrogen-bond acceptors (Lipinski definition) is 3. The highest BCUT2D eigenvalue weighted by molar-refractivity contribution is 5.79. The maximum absolute atomic E-state index is 12.6. The summed E-state index contributed by atoms with van der Waals surface area (Å²) in [6, 6.07) is 8.33. The molecule has 1 amide bonds. The lowest BCUT2D eigenvalue weighted by molar-refractivity contribution is -0.136. The van der Waals surface area contributed by atoms with E-state index in [4.69, 9.17) is 4.74 Å². The number of nitrogens with zero attached hydrogens (tertiary/aromatic N) is 1. The fourth-order valence-electron chi connectivity index (χ4n) is 2.47. The molecular formula is C16H24N2O2. The molecule has 0 aliphatic heterocycles. The maximum atomic E-state index is 12.6. The minimum absolute atomic E-state index is 0.00954. The van der Waals surface area contributed by atoms with Crippen molar-refractivity contribution < 1.29 is 9.53 Å². The number of rotatable bonds is 7. The lowest BCUT2D eigenvalue weighted by Gasteiger charge is -2.26. The summed E-state index contributed by atoms with van der Waals surface area (Å²) in [7, 11) is 3.55. The van der Waals surface area contributed by atoms with Gasteiger partial charge in [-0.3, -0.25) is 4.79 Å². The molecule has 1 aliphatic rings. The van der Waals surface area contributed by atoms with Crippen LogP contribution < -0.4 is 10.1 Å². The van der Waals surface area contributed by atoms with Crippen LogP contribution in [0.4, 0.5) is 0 Å². The molecule has 1 aromatic rings. The van der Waals surface area contributed by atoms with Crippen molar-refractivity contribution in [3.63, 3.8) is 0 Å². The third-order valence-electron chi connectivity index (χ3n) is 3.74.